The highest BCUT2D eigenvalue weighted by atomic mass is 16.3. The van der Waals surface area contributed by atoms with E-state index in [4.69, 9.17) is 5.11 Å². The molecule has 0 fully saturated rings. The van der Waals surface area contributed by atoms with Crippen molar-refractivity contribution >= 4 is 5.91 Å². The fourth-order valence-electron chi connectivity index (χ4n) is 0.454. The first kappa shape index (κ1) is 8.43. The van der Waals surface area contributed by atoms with Crippen LogP contribution in [0.4, 0.5) is 0 Å². The summed E-state index contributed by atoms with van der Waals surface area (Å²) in [4.78, 5) is 12.2. The van der Waals surface area contributed by atoms with E-state index in [0.717, 1.165) is 0 Å². The van der Waals surface area contributed by atoms with E-state index in [2.05, 4.69) is 0 Å². The van der Waals surface area contributed by atoms with E-state index < -0.39 is 0 Å². The Kier molecular flexibility index (Phi) is 4.05. The molecular weight excluding hydrogens is 118 g/mol. The fraction of sp³-hybridized carbons (Fsp3) is 0.833. The molecule has 1 N–H and O–H groups in total. The molecule has 0 atom stereocenters. The predicted octanol–water partition coefficient (Wildman–Crippen LogP) is -0.153. The minimum Gasteiger partial charge on any atom is -0.396 e. The highest BCUT2D eigenvalue weighted by Crippen LogP contribution is 1.90. The standard InChI is InChI=1S/C6H13NO2/c1-7(2)6(9)4-3-5-8/h8H,3-5H2,1-2H3. The number of rotatable bonds is 3. The molecule has 3 heteroatoms. The lowest BCUT2D eigenvalue weighted by molar-refractivity contribution is -0.128. The van der Waals surface area contributed by atoms with Crippen molar-refractivity contribution in [3.8, 4) is 0 Å². The largest absolute Gasteiger partial charge is 0.396 e. The van der Waals surface area contributed by atoms with E-state index in [9.17, 15) is 4.79 Å². The van der Waals surface area contributed by atoms with Gasteiger partial charge in [-0.1, -0.05) is 0 Å². The van der Waals surface area contributed by atoms with Crippen molar-refractivity contribution in [2.45, 2.75) is 12.8 Å². The van der Waals surface area contributed by atoms with Crippen LogP contribution in [0.3, 0.4) is 0 Å². The lowest BCUT2D eigenvalue weighted by atomic mass is 10.3. The van der Waals surface area contributed by atoms with E-state index in [1.807, 2.05) is 0 Å². The molecule has 3 nitrogen and oxygen atoms in total. The molecule has 0 aromatic carbocycles. The van der Waals surface area contributed by atoms with Crippen molar-refractivity contribution in [1.82, 2.24) is 4.90 Å². The number of carbonyl (C=O) groups excluding carboxylic acids is 1. The molecule has 0 radical (unpaired) electrons. The monoisotopic (exact) mass is 131 g/mol. The first-order valence-electron chi connectivity index (χ1n) is 2.99. The van der Waals surface area contributed by atoms with Crippen LogP contribution < -0.4 is 0 Å². The molecule has 0 heterocycles. The summed E-state index contributed by atoms with van der Waals surface area (Å²) in [5.74, 6) is 0.0732. The number of hydrogen-bond donors (Lipinski definition) is 1. The summed E-state index contributed by atoms with van der Waals surface area (Å²) in [7, 11) is 3.42. The molecule has 0 aliphatic carbocycles. The van der Waals surface area contributed by atoms with Crippen LogP contribution in [0.25, 0.3) is 0 Å². The molecule has 0 aliphatic heterocycles. The van der Waals surface area contributed by atoms with Crippen molar-refractivity contribution in [2.75, 3.05) is 20.7 Å². The van der Waals surface area contributed by atoms with Gasteiger partial charge < -0.3 is 10.0 Å². The Bertz CT molecular complexity index is 91.1. The van der Waals surface area contributed by atoms with Crippen molar-refractivity contribution < 1.29 is 9.90 Å². The molecule has 1 amide bonds. The molecule has 9 heavy (non-hydrogen) atoms. The molecule has 0 saturated heterocycles. The maximum Gasteiger partial charge on any atom is 0.222 e. The molecule has 0 spiro atoms. The van der Waals surface area contributed by atoms with Crippen LogP contribution in [0, 0.1) is 0 Å². The molecule has 0 rings (SSSR count). The Morgan fingerprint density at radius 2 is 2.11 bits per heavy atom. The molecule has 0 unspecified atom stereocenters. The van der Waals surface area contributed by atoms with Gasteiger partial charge in [-0.3, -0.25) is 4.79 Å². The minimum atomic E-state index is 0.0732. The number of nitrogens with zero attached hydrogens (tertiary/aromatic N) is 1. The Labute approximate surface area is 55.3 Å². The maximum absolute atomic E-state index is 10.7. The quantitative estimate of drug-likeness (QED) is 0.578. The molecule has 0 saturated carbocycles. The van der Waals surface area contributed by atoms with Crippen molar-refractivity contribution in [3.63, 3.8) is 0 Å². The van der Waals surface area contributed by atoms with Gasteiger partial charge in [-0.2, -0.15) is 0 Å². The Morgan fingerprint density at radius 3 is 2.44 bits per heavy atom. The van der Waals surface area contributed by atoms with Crippen molar-refractivity contribution in [1.29, 1.82) is 0 Å². The molecule has 0 aliphatic rings. The van der Waals surface area contributed by atoms with Gasteiger partial charge in [0.15, 0.2) is 0 Å². The smallest absolute Gasteiger partial charge is 0.222 e. The van der Waals surface area contributed by atoms with Gasteiger partial charge >= 0.3 is 0 Å². The highest BCUT2D eigenvalue weighted by Gasteiger charge is 2.00. The zero-order valence-corrected chi connectivity index (χ0v) is 5.92. The summed E-state index contributed by atoms with van der Waals surface area (Å²) < 4.78 is 0. The second kappa shape index (κ2) is 4.32. The Hall–Kier alpha value is -0.570. The van der Waals surface area contributed by atoms with Gasteiger partial charge in [0.2, 0.25) is 5.91 Å². The first-order valence-corrected chi connectivity index (χ1v) is 2.99. The third-order valence-electron chi connectivity index (χ3n) is 1.05. The molecule has 0 aromatic heterocycles. The summed E-state index contributed by atoms with van der Waals surface area (Å²) in [5, 5.41) is 8.33. The number of hydrogen-bond acceptors (Lipinski definition) is 2. The van der Waals surface area contributed by atoms with Crippen molar-refractivity contribution in [3.05, 3.63) is 0 Å². The highest BCUT2D eigenvalue weighted by molar-refractivity contribution is 5.75. The van der Waals surface area contributed by atoms with Gasteiger partial charge in [-0.25, -0.2) is 0 Å². The Balaban J connectivity index is 3.28. The van der Waals surface area contributed by atoms with Crippen LogP contribution >= 0.6 is 0 Å². The lowest BCUT2D eigenvalue weighted by Gasteiger charge is -2.08. The van der Waals surface area contributed by atoms with Crippen LogP contribution in [-0.4, -0.2) is 36.6 Å². The van der Waals surface area contributed by atoms with Crippen LogP contribution in [0.1, 0.15) is 12.8 Å². The number of aliphatic hydroxyl groups is 1. The summed E-state index contributed by atoms with van der Waals surface area (Å²) in [6, 6.07) is 0. The van der Waals surface area contributed by atoms with Gasteiger partial charge in [-0.15, -0.1) is 0 Å². The molecule has 0 bridgehead atoms. The second-order valence-electron chi connectivity index (χ2n) is 2.12. The van der Waals surface area contributed by atoms with Crippen LogP contribution in [0.15, 0.2) is 0 Å². The SMILES string of the molecule is CN(C)C(=O)CCCO. The van der Waals surface area contributed by atoms with Gasteiger partial charge in [0, 0.05) is 27.1 Å². The predicted molar refractivity (Wildman–Crippen MR) is 35.0 cm³/mol. The average Bonchev–Trinajstić information content (AvgIpc) is 1.82. The summed E-state index contributed by atoms with van der Waals surface area (Å²) >= 11 is 0. The summed E-state index contributed by atoms with van der Waals surface area (Å²) in [6.07, 6.45) is 1.01. The number of amides is 1. The van der Waals surface area contributed by atoms with E-state index >= 15 is 0 Å². The third-order valence-corrected chi connectivity index (χ3v) is 1.05. The van der Waals surface area contributed by atoms with E-state index in [0.29, 0.717) is 12.8 Å². The lowest BCUT2D eigenvalue weighted by Crippen LogP contribution is -2.21. The second-order valence-corrected chi connectivity index (χ2v) is 2.12. The van der Waals surface area contributed by atoms with Gasteiger partial charge in [0.25, 0.3) is 0 Å². The first-order chi connectivity index (χ1) is 4.18. The van der Waals surface area contributed by atoms with Gasteiger partial charge in [0.1, 0.15) is 0 Å². The maximum atomic E-state index is 10.7. The average molecular weight is 131 g/mol. The molecular formula is C6H13NO2. The van der Waals surface area contributed by atoms with Crippen LogP contribution in [0.5, 0.6) is 0 Å². The van der Waals surface area contributed by atoms with Crippen LogP contribution in [-0.2, 0) is 4.79 Å². The van der Waals surface area contributed by atoms with Crippen LogP contribution in [0.2, 0.25) is 0 Å². The minimum absolute atomic E-state index is 0.0732. The fourth-order valence-corrected chi connectivity index (χ4v) is 0.454. The van der Waals surface area contributed by atoms with Gasteiger partial charge in [-0.05, 0) is 6.42 Å². The molecule has 0 aromatic rings. The summed E-state index contributed by atoms with van der Waals surface area (Å²) in [6.45, 7) is 0.0968. The zero-order valence-electron chi connectivity index (χ0n) is 5.92. The van der Waals surface area contributed by atoms with E-state index in [1.54, 1.807) is 14.1 Å². The normalized spacial score (nSPS) is 9.22. The molecule has 54 valence electrons. The third kappa shape index (κ3) is 3.97. The van der Waals surface area contributed by atoms with Gasteiger partial charge in [0.05, 0.1) is 0 Å². The Morgan fingerprint density at radius 1 is 1.56 bits per heavy atom. The number of aliphatic hydroxyl groups excluding tert-OH is 1. The summed E-state index contributed by atoms with van der Waals surface area (Å²) in [5.41, 5.74) is 0. The zero-order chi connectivity index (χ0) is 7.28. The van der Waals surface area contributed by atoms with E-state index in [-0.39, 0.29) is 12.5 Å². The van der Waals surface area contributed by atoms with Crippen molar-refractivity contribution in [2.24, 2.45) is 0 Å². The van der Waals surface area contributed by atoms with E-state index in [1.165, 1.54) is 4.90 Å². The number of carbonyl (C=O) groups is 1. The topological polar surface area (TPSA) is 40.5 Å².